The maximum atomic E-state index is 11.9. The number of alkyl carbamates (subject to hydrolysis) is 1. The van der Waals surface area contributed by atoms with Crippen molar-refractivity contribution >= 4 is 24.2 Å². The average Bonchev–Trinajstić information content (AvgIpc) is 2.61. The summed E-state index contributed by atoms with van der Waals surface area (Å²) < 4.78 is 4.98. The Bertz CT molecular complexity index is 589. The summed E-state index contributed by atoms with van der Waals surface area (Å²) in [5.74, 6) is -1.17. The lowest BCUT2D eigenvalue weighted by Gasteiger charge is -2.21. The highest BCUT2D eigenvalue weighted by atomic mass is 16.5. The van der Waals surface area contributed by atoms with Crippen molar-refractivity contribution in [3.8, 4) is 0 Å². The molecule has 0 saturated heterocycles. The molecule has 1 unspecified atom stereocenters. The Balaban J connectivity index is 2.37. The minimum Gasteiger partial charge on any atom is -0.445 e. The second-order valence-electron chi connectivity index (χ2n) is 5.62. The van der Waals surface area contributed by atoms with E-state index in [1.807, 2.05) is 30.3 Å². The molecule has 0 spiro atoms. The van der Waals surface area contributed by atoms with E-state index < -0.39 is 23.9 Å². The van der Waals surface area contributed by atoms with Gasteiger partial charge in [0.15, 0.2) is 0 Å². The highest BCUT2D eigenvalue weighted by Crippen LogP contribution is 2.02. The number of aldehydes is 1. The largest absolute Gasteiger partial charge is 0.445 e. The van der Waals surface area contributed by atoms with Crippen LogP contribution in [0.5, 0.6) is 0 Å². The summed E-state index contributed by atoms with van der Waals surface area (Å²) >= 11 is 0. The van der Waals surface area contributed by atoms with Crippen LogP contribution in [0, 0.1) is 5.92 Å². The summed E-state index contributed by atoms with van der Waals surface area (Å²) in [5, 5.41) is 7.22. The molecule has 25 heavy (non-hydrogen) atoms. The number of amides is 3. The number of carbonyl (C=O) groups excluding carboxylic acids is 4. The van der Waals surface area contributed by atoms with Crippen LogP contribution in [0.25, 0.3) is 0 Å². The van der Waals surface area contributed by atoms with E-state index in [1.165, 1.54) is 0 Å². The smallest absolute Gasteiger partial charge is 0.407 e. The zero-order chi connectivity index (χ0) is 18.7. The molecule has 136 valence electrons. The first-order valence-corrected chi connectivity index (χ1v) is 7.89. The number of carbonyl (C=O) groups is 4. The van der Waals surface area contributed by atoms with Crippen molar-refractivity contribution in [3.63, 3.8) is 0 Å². The van der Waals surface area contributed by atoms with E-state index in [-0.39, 0.29) is 25.6 Å². The van der Waals surface area contributed by atoms with Crippen molar-refractivity contribution in [1.82, 2.24) is 16.0 Å². The van der Waals surface area contributed by atoms with E-state index in [0.717, 1.165) is 5.56 Å². The predicted octanol–water partition coefficient (Wildman–Crippen LogP) is 0.369. The number of nitrogens with one attached hydrogen (secondary N) is 3. The van der Waals surface area contributed by atoms with Crippen LogP contribution < -0.4 is 16.0 Å². The van der Waals surface area contributed by atoms with Gasteiger partial charge in [-0.1, -0.05) is 44.2 Å². The van der Waals surface area contributed by atoms with Gasteiger partial charge < -0.3 is 25.5 Å². The Hall–Kier alpha value is -2.90. The van der Waals surface area contributed by atoms with Gasteiger partial charge in [-0.25, -0.2) is 4.79 Å². The molecule has 8 nitrogen and oxygen atoms in total. The molecule has 0 saturated carbocycles. The standard InChI is InChI=1S/C17H23N3O5/c1-12(2)15(16(23)18-8-9-21)20-14(22)10-19-17(24)25-11-13-6-4-3-5-7-13/h3-7,9,12,15H,8,10-11H2,1-2H3,(H,18,23)(H,19,24)(H,20,22). The quantitative estimate of drug-likeness (QED) is 0.557. The lowest BCUT2D eigenvalue weighted by atomic mass is 10.0. The molecule has 0 aliphatic rings. The summed E-state index contributed by atoms with van der Waals surface area (Å²) in [6, 6.07) is 8.33. The number of rotatable bonds is 9. The number of benzene rings is 1. The molecular weight excluding hydrogens is 326 g/mol. The Kier molecular flexibility index (Phi) is 8.70. The van der Waals surface area contributed by atoms with Crippen LogP contribution in [0.15, 0.2) is 30.3 Å². The summed E-state index contributed by atoms with van der Waals surface area (Å²) in [4.78, 5) is 45.6. The molecule has 1 aromatic carbocycles. The molecule has 0 fully saturated rings. The van der Waals surface area contributed by atoms with E-state index >= 15 is 0 Å². The molecule has 1 rings (SSSR count). The second kappa shape index (κ2) is 10.8. The van der Waals surface area contributed by atoms with Crippen LogP contribution in [0.4, 0.5) is 4.79 Å². The van der Waals surface area contributed by atoms with E-state index in [2.05, 4.69) is 16.0 Å². The first-order chi connectivity index (χ1) is 11.9. The first-order valence-electron chi connectivity index (χ1n) is 7.89. The van der Waals surface area contributed by atoms with E-state index in [4.69, 9.17) is 4.74 Å². The van der Waals surface area contributed by atoms with Crippen LogP contribution in [-0.2, 0) is 25.7 Å². The lowest BCUT2D eigenvalue weighted by Crippen LogP contribution is -2.52. The Morgan fingerprint density at radius 3 is 2.40 bits per heavy atom. The molecular formula is C17H23N3O5. The number of ether oxygens (including phenoxy) is 1. The Morgan fingerprint density at radius 1 is 1.12 bits per heavy atom. The number of hydrogen-bond acceptors (Lipinski definition) is 5. The Morgan fingerprint density at radius 2 is 1.80 bits per heavy atom. The maximum Gasteiger partial charge on any atom is 0.407 e. The molecule has 1 atom stereocenters. The van der Waals surface area contributed by atoms with Gasteiger partial charge in [-0.05, 0) is 11.5 Å². The summed E-state index contributed by atoms with van der Waals surface area (Å²) in [6.07, 6.45) is -0.174. The summed E-state index contributed by atoms with van der Waals surface area (Å²) in [5.41, 5.74) is 0.828. The second-order valence-corrected chi connectivity index (χ2v) is 5.62. The van der Waals surface area contributed by atoms with Gasteiger partial charge in [0.05, 0.1) is 6.54 Å². The van der Waals surface area contributed by atoms with Crippen LogP contribution in [0.1, 0.15) is 19.4 Å². The van der Waals surface area contributed by atoms with Gasteiger partial charge in [0.2, 0.25) is 11.8 Å². The van der Waals surface area contributed by atoms with Crippen molar-refractivity contribution in [2.45, 2.75) is 26.5 Å². The van der Waals surface area contributed by atoms with Crippen molar-refractivity contribution in [3.05, 3.63) is 35.9 Å². The van der Waals surface area contributed by atoms with Crippen molar-refractivity contribution in [1.29, 1.82) is 0 Å². The summed E-state index contributed by atoms with van der Waals surface area (Å²) in [7, 11) is 0. The molecule has 0 aromatic heterocycles. The molecule has 0 radical (unpaired) electrons. The fourth-order valence-corrected chi connectivity index (χ4v) is 1.94. The van der Waals surface area contributed by atoms with E-state index in [0.29, 0.717) is 6.29 Å². The van der Waals surface area contributed by atoms with Gasteiger partial charge >= 0.3 is 6.09 Å². The van der Waals surface area contributed by atoms with Crippen LogP contribution in [0.3, 0.4) is 0 Å². The fourth-order valence-electron chi connectivity index (χ4n) is 1.94. The highest BCUT2D eigenvalue weighted by Gasteiger charge is 2.23. The van der Waals surface area contributed by atoms with Gasteiger partial charge in [0.25, 0.3) is 0 Å². The molecule has 0 aliphatic carbocycles. The van der Waals surface area contributed by atoms with Gasteiger partial charge in [-0.2, -0.15) is 0 Å². The third-order valence-electron chi connectivity index (χ3n) is 3.23. The molecule has 1 aromatic rings. The normalized spacial score (nSPS) is 11.3. The molecule has 3 amide bonds. The van der Waals surface area contributed by atoms with Crippen molar-refractivity contribution < 1.29 is 23.9 Å². The minimum absolute atomic E-state index is 0.0943. The molecule has 0 bridgehead atoms. The van der Waals surface area contributed by atoms with Crippen molar-refractivity contribution in [2.75, 3.05) is 13.1 Å². The monoisotopic (exact) mass is 349 g/mol. The zero-order valence-corrected chi connectivity index (χ0v) is 14.3. The van der Waals surface area contributed by atoms with Gasteiger partial charge in [0.1, 0.15) is 25.5 Å². The summed E-state index contributed by atoms with van der Waals surface area (Å²) in [6.45, 7) is 3.16. The molecule has 0 heterocycles. The predicted molar refractivity (Wildman–Crippen MR) is 90.5 cm³/mol. The van der Waals surface area contributed by atoms with Gasteiger partial charge in [0, 0.05) is 0 Å². The lowest BCUT2D eigenvalue weighted by molar-refractivity contribution is -0.130. The maximum absolute atomic E-state index is 11.9. The van der Waals surface area contributed by atoms with Crippen molar-refractivity contribution in [2.24, 2.45) is 5.92 Å². The Labute approximate surface area is 146 Å². The minimum atomic E-state index is -0.797. The highest BCUT2D eigenvalue weighted by molar-refractivity contribution is 5.90. The fraction of sp³-hybridized carbons (Fsp3) is 0.412. The van der Waals surface area contributed by atoms with Crippen LogP contribution in [-0.4, -0.2) is 43.3 Å². The molecule has 3 N–H and O–H groups in total. The first kappa shape index (κ1) is 20.1. The SMILES string of the molecule is CC(C)C(NC(=O)CNC(=O)OCc1ccccc1)C(=O)NCC=O. The number of hydrogen-bond donors (Lipinski definition) is 3. The van der Waals surface area contributed by atoms with Gasteiger partial charge in [-0.15, -0.1) is 0 Å². The van der Waals surface area contributed by atoms with E-state index in [1.54, 1.807) is 13.8 Å². The van der Waals surface area contributed by atoms with Crippen LogP contribution >= 0.6 is 0 Å². The third kappa shape index (κ3) is 7.96. The van der Waals surface area contributed by atoms with E-state index in [9.17, 15) is 19.2 Å². The molecule has 0 aliphatic heterocycles. The van der Waals surface area contributed by atoms with Gasteiger partial charge in [-0.3, -0.25) is 9.59 Å². The van der Waals surface area contributed by atoms with Crippen LogP contribution in [0.2, 0.25) is 0 Å². The average molecular weight is 349 g/mol. The zero-order valence-electron chi connectivity index (χ0n) is 14.3. The third-order valence-corrected chi connectivity index (χ3v) is 3.23. The molecule has 8 heteroatoms. The topological polar surface area (TPSA) is 114 Å².